The molecule has 0 fully saturated rings. The Kier molecular flexibility index (Phi) is 5.72. The van der Waals surface area contributed by atoms with Gasteiger partial charge in [0.1, 0.15) is 6.26 Å². The van der Waals surface area contributed by atoms with E-state index in [9.17, 15) is 4.79 Å². The van der Waals surface area contributed by atoms with Crippen LogP contribution in [0.3, 0.4) is 0 Å². The number of carbonyl (C=O) groups is 1. The summed E-state index contributed by atoms with van der Waals surface area (Å²) in [5, 5.41) is 0. The highest BCUT2D eigenvalue weighted by molar-refractivity contribution is 5.93. The van der Waals surface area contributed by atoms with Gasteiger partial charge in [-0.25, -0.2) is 0 Å². The Balaban J connectivity index is 2.58. The maximum Gasteiger partial charge on any atom is 0.257 e. The molecule has 0 radical (unpaired) electrons. The molecule has 0 bridgehead atoms. The Morgan fingerprint density at radius 1 is 1.35 bits per heavy atom. The Bertz CT molecular complexity index is 323. The number of ether oxygens (including phenoxy) is 1. The van der Waals surface area contributed by atoms with Gasteiger partial charge in [-0.15, -0.1) is 0 Å². The van der Waals surface area contributed by atoms with Gasteiger partial charge in [-0.05, 0) is 20.2 Å². The summed E-state index contributed by atoms with van der Waals surface area (Å²) in [6.07, 6.45) is 2.98. The van der Waals surface area contributed by atoms with Crippen molar-refractivity contribution in [3.05, 3.63) is 24.2 Å². The van der Waals surface area contributed by atoms with Gasteiger partial charge in [0, 0.05) is 26.7 Å². The Hall–Kier alpha value is -1.33. The summed E-state index contributed by atoms with van der Waals surface area (Å²) in [7, 11) is 5.60. The number of likely N-dealkylation sites (N-methyl/N-ethyl adjacent to an activating group) is 1. The van der Waals surface area contributed by atoms with Crippen molar-refractivity contribution < 1.29 is 13.9 Å². The maximum absolute atomic E-state index is 12.1. The number of furan rings is 1. The number of hydrogen-bond donors (Lipinski definition) is 0. The molecule has 1 aromatic heterocycles. The molecule has 0 aliphatic carbocycles. The van der Waals surface area contributed by atoms with Gasteiger partial charge in [-0.2, -0.15) is 0 Å². The molecule has 0 atom stereocenters. The summed E-state index contributed by atoms with van der Waals surface area (Å²) in [6.45, 7) is 2.64. The molecule has 0 aromatic carbocycles. The largest absolute Gasteiger partial charge is 0.472 e. The third-order valence-corrected chi connectivity index (χ3v) is 2.44. The van der Waals surface area contributed by atoms with Crippen LogP contribution in [0.25, 0.3) is 0 Å². The molecule has 1 amide bonds. The van der Waals surface area contributed by atoms with E-state index in [1.807, 2.05) is 19.0 Å². The lowest BCUT2D eigenvalue weighted by atomic mass is 10.3. The number of rotatable bonds is 7. The van der Waals surface area contributed by atoms with Crippen LogP contribution in [0.15, 0.2) is 23.0 Å². The van der Waals surface area contributed by atoms with Gasteiger partial charge in [0.25, 0.3) is 5.91 Å². The van der Waals surface area contributed by atoms with Gasteiger partial charge in [-0.1, -0.05) is 0 Å². The predicted octanol–water partition coefficient (Wildman–Crippen LogP) is 0.930. The van der Waals surface area contributed by atoms with E-state index in [2.05, 4.69) is 0 Å². The first-order valence-electron chi connectivity index (χ1n) is 5.60. The summed E-state index contributed by atoms with van der Waals surface area (Å²) < 4.78 is 9.94. The topological polar surface area (TPSA) is 45.9 Å². The average Bonchev–Trinajstić information content (AvgIpc) is 2.81. The van der Waals surface area contributed by atoms with Crippen molar-refractivity contribution in [1.29, 1.82) is 0 Å². The first kappa shape index (κ1) is 13.7. The second-order valence-corrected chi connectivity index (χ2v) is 4.10. The van der Waals surface area contributed by atoms with Crippen molar-refractivity contribution in [2.45, 2.75) is 0 Å². The molecule has 17 heavy (non-hydrogen) atoms. The smallest absolute Gasteiger partial charge is 0.257 e. The lowest BCUT2D eigenvalue weighted by molar-refractivity contribution is 0.0682. The Labute approximate surface area is 102 Å². The monoisotopic (exact) mass is 240 g/mol. The molecule has 0 unspecified atom stereocenters. The van der Waals surface area contributed by atoms with Crippen LogP contribution >= 0.6 is 0 Å². The lowest BCUT2D eigenvalue weighted by Crippen LogP contribution is -2.38. The van der Waals surface area contributed by atoms with E-state index >= 15 is 0 Å². The lowest BCUT2D eigenvalue weighted by Gasteiger charge is -2.23. The van der Waals surface area contributed by atoms with Crippen molar-refractivity contribution in [1.82, 2.24) is 9.80 Å². The summed E-state index contributed by atoms with van der Waals surface area (Å²) in [5.74, 6) is -0.0161. The van der Waals surface area contributed by atoms with E-state index in [1.165, 1.54) is 12.5 Å². The van der Waals surface area contributed by atoms with Gasteiger partial charge in [0.05, 0.1) is 18.4 Å². The first-order chi connectivity index (χ1) is 8.15. The van der Waals surface area contributed by atoms with Crippen LogP contribution in [-0.2, 0) is 4.74 Å². The van der Waals surface area contributed by atoms with Gasteiger partial charge < -0.3 is 19.0 Å². The minimum Gasteiger partial charge on any atom is -0.472 e. The van der Waals surface area contributed by atoms with Crippen LogP contribution in [0, 0.1) is 0 Å². The number of carbonyl (C=O) groups excluding carboxylic acids is 1. The quantitative estimate of drug-likeness (QED) is 0.711. The summed E-state index contributed by atoms with van der Waals surface area (Å²) in [4.78, 5) is 15.9. The highest BCUT2D eigenvalue weighted by atomic mass is 16.5. The van der Waals surface area contributed by atoms with Crippen molar-refractivity contribution in [3.63, 3.8) is 0 Å². The third-order valence-electron chi connectivity index (χ3n) is 2.44. The molecule has 1 rings (SSSR count). The highest BCUT2D eigenvalue weighted by Gasteiger charge is 2.16. The summed E-state index contributed by atoms with van der Waals surface area (Å²) >= 11 is 0. The number of amides is 1. The predicted molar refractivity (Wildman–Crippen MR) is 65.0 cm³/mol. The fourth-order valence-electron chi connectivity index (χ4n) is 1.41. The minimum absolute atomic E-state index is 0.0161. The molecule has 1 heterocycles. The first-order valence-corrected chi connectivity index (χ1v) is 5.60. The SMILES string of the molecule is COCCN(CCN(C)C)C(=O)c1ccoc1. The van der Waals surface area contributed by atoms with E-state index < -0.39 is 0 Å². The fraction of sp³-hybridized carbons (Fsp3) is 0.583. The van der Waals surface area contributed by atoms with Gasteiger partial charge in [0.2, 0.25) is 0 Å². The van der Waals surface area contributed by atoms with Crippen LogP contribution in [0.1, 0.15) is 10.4 Å². The van der Waals surface area contributed by atoms with Crippen LogP contribution < -0.4 is 0 Å². The molecule has 5 heteroatoms. The molecule has 5 nitrogen and oxygen atoms in total. The number of hydrogen-bond acceptors (Lipinski definition) is 4. The zero-order chi connectivity index (χ0) is 12.7. The second kappa shape index (κ2) is 7.09. The molecule has 0 saturated carbocycles. The highest BCUT2D eigenvalue weighted by Crippen LogP contribution is 2.05. The van der Waals surface area contributed by atoms with E-state index in [0.29, 0.717) is 25.3 Å². The van der Waals surface area contributed by atoms with E-state index in [0.717, 1.165) is 6.54 Å². The van der Waals surface area contributed by atoms with Crippen LogP contribution in [-0.4, -0.2) is 63.2 Å². The molecule has 0 spiro atoms. The molecule has 0 N–H and O–H groups in total. The number of nitrogens with zero attached hydrogens (tertiary/aromatic N) is 2. The van der Waals surface area contributed by atoms with Crippen molar-refractivity contribution in [2.24, 2.45) is 0 Å². The van der Waals surface area contributed by atoms with Crippen molar-refractivity contribution >= 4 is 5.91 Å². The normalized spacial score (nSPS) is 10.8. The Morgan fingerprint density at radius 2 is 2.12 bits per heavy atom. The second-order valence-electron chi connectivity index (χ2n) is 4.10. The molecular weight excluding hydrogens is 220 g/mol. The zero-order valence-electron chi connectivity index (χ0n) is 10.7. The Morgan fingerprint density at radius 3 is 2.65 bits per heavy atom. The molecule has 0 saturated heterocycles. The van der Waals surface area contributed by atoms with Crippen LogP contribution in [0.5, 0.6) is 0 Å². The van der Waals surface area contributed by atoms with Crippen molar-refractivity contribution in [2.75, 3.05) is 47.4 Å². The minimum atomic E-state index is -0.0161. The molecular formula is C12H20N2O3. The average molecular weight is 240 g/mol. The van der Waals surface area contributed by atoms with Gasteiger partial charge in [0.15, 0.2) is 0 Å². The van der Waals surface area contributed by atoms with Gasteiger partial charge >= 0.3 is 0 Å². The van der Waals surface area contributed by atoms with E-state index in [1.54, 1.807) is 18.1 Å². The standard InChI is InChI=1S/C12H20N2O3/c1-13(2)5-6-14(7-9-16-3)12(15)11-4-8-17-10-11/h4,8,10H,5-7,9H2,1-3H3. The fourth-order valence-corrected chi connectivity index (χ4v) is 1.41. The molecule has 0 aliphatic rings. The van der Waals surface area contributed by atoms with Crippen LogP contribution in [0.4, 0.5) is 0 Å². The summed E-state index contributed by atoms with van der Waals surface area (Å²) in [5.41, 5.74) is 0.583. The summed E-state index contributed by atoms with van der Waals surface area (Å²) in [6, 6.07) is 1.68. The molecule has 96 valence electrons. The van der Waals surface area contributed by atoms with E-state index in [-0.39, 0.29) is 5.91 Å². The van der Waals surface area contributed by atoms with Crippen molar-refractivity contribution in [3.8, 4) is 0 Å². The molecule has 1 aromatic rings. The maximum atomic E-state index is 12.1. The van der Waals surface area contributed by atoms with E-state index in [4.69, 9.17) is 9.15 Å². The number of methoxy groups -OCH3 is 1. The molecule has 0 aliphatic heterocycles. The third kappa shape index (κ3) is 4.58. The van der Waals surface area contributed by atoms with Crippen LogP contribution in [0.2, 0.25) is 0 Å². The van der Waals surface area contributed by atoms with Gasteiger partial charge in [-0.3, -0.25) is 4.79 Å². The zero-order valence-corrected chi connectivity index (χ0v) is 10.7.